The highest BCUT2D eigenvalue weighted by Gasteiger charge is 2.44. The van der Waals surface area contributed by atoms with Crippen LogP contribution in [-0.2, 0) is 28.0 Å². The van der Waals surface area contributed by atoms with Gasteiger partial charge in [0.05, 0.1) is 7.11 Å². The predicted octanol–water partition coefficient (Wildman–Crippen LogP) is 5.48. The summed E-state index contributed by atoms with van der Waals surface area (Å²) >= 11 is 0. The van der Waals surface area contributed by atoms with E-state index in [-0.39, 0.29) is 18.3 Å². The number of hydrogen-bond donors (Lipinski definition) is 3. The summed E-state index contributed by atoms with van der Waals surface area (Å²) in [4.78, 5) is 27.6. The number of amidine groups is 1. The first-order valence-electron chi connectivity index (χ1n) is 12.8. The Morgan fingerprint density at radius 1 is 0.925 bits per heavy atom. The van der Waals surface area contributed by atoms with Gasteiger partial charge in [-0.15, -0.1) is 0 Å². The number of carbonyl (C=O) groups is 2. The molecule has 0 saturated heterocycles. The van der Waals surface area contributed by atoms with Gasteiger partial charge in [-0.1, -0.05) is 72.8 Å². The Bertz CT molecular complexity index is 1600. The van der Waals surface area contributed by atoms with Gasteiger partial charge in [-0.2, -0.15) is 0 Å². The Hall–Kier alpha value is -5.17. The number of nitrogens with two attached hydrogens (primary N) is 1. The maximum Gasteiger partial charge on any atom is 0.321 e. The van der Waals surface area contributed by atoms with Crippen LogP contribution in [0.2, 0.25) is 0 Å². The molecular weight excluding hydrogens is 502 g/mol. The lowest BCUT2D eigenvalue weighted by atomic mass is 9.70. The van der Waals surface area contributed by atoms with Crippen LogP contribution >= 0.6 is 0 Å². The Morgan fingerprint density at radius 2 is 1.65 bits per heavy atom. The molecule has 0 saturated carbocycles. The van der Waals surface area contributed by atoms with Crippen molar-refractivity contribution in [1.82, 2.24) is 0 Å². The van der Waals surface area contributed by atoms with Gasteiger partial charge in [-0.3, -0.25) is 15.0 Å². The smallest absolute Gasteiger partial charge is 0.321 e. The zero-order valence-corrected chi connectivity index (χ0v) is 22.0. The van der Waals surface area contributed by atoms with E-state index in [1.807, 2.05) is 66.7 Å². The number of methoxy groups -OCH3 is 1. The highest BCUT2D eigenvalue weighted by Crippen LogP contribution is 2.41. The second kappa shape index (κ2) is 11.3. The average molecular weight is 532 g/mol. The Balaban J connectivity index is 1.54. The van der Waals surface area contributed by atoms with Gasteiger partial charge in [0.15, 0.2) is 0 Å². The van der Waals surface area contributed by atoms with Crippen LogP contribution in [0.4, 0.5) is 5.69 Å². The monoisotopic (exact) mass is 531 g/mol. The number of ether oxygens (including phenoxy) is 2. The first-order valence-corrected chi connectivity index (χ1v) is 12.8. The van der Waals surface area contributed by atoms with E-state index in [1.165, 1.54) is 0 Å². The molecule has 0 aliphatic heterocycles. The Morgan fingerprint density at radius 3 is 2.38 bits per heavy atom. The first-order chi connectivity index (χ1) is 19.4. The minimum Gasteiger partial charge on any atom is -0.496 e. The van der Waals surface area contributed by atoms with Crippen LogP contribution in [-0.4, -0.2) is 24.8 Å². The van der Waals surface area contributed by atoms with Crippen molar-refractivity contribution in [3.05, 3.63) is 137 Å². The molecule has 200 valence electrons. The molecule has 40 heavy (non-hydrogen) atoms. The van der Waals surface area contributed by atoms with Crippen LogP contribution in [0.1, 0.15) is 38.2 Å². The number of nitrogen functional groups attached to an aromatic ring is 1. The number of esters is 1. The summed E-state index contributed by atoms with van der Waals surface area (Å²) in [5.74, 6) is -0.168. The number of rotatable bonds is 8. The Labute approximate surface area is 232 Å². The van der Waals surface area contributed by atoms with E-state index < -0.39 is 11.4 Å². The zero-order chi connectivity index (χ0) is 28.1. The lowest BCUT2D eigenvalue weighted by Crippen LogP contribution is -2.41. The number of carbonyl (C=O) groups excluding carboxylic acids is 2. The maximum absolute atomic E-state index is 14.0. The van der Waals surface area contributed by atoms with Crippen molar-refractivity contribution in [2.24, 2.45) is 5.73 Å². The molecule has 0 fully saturated rings. The van der Waals surface area contributed by atoms with Gasteiger partial charge >= 0.3 is 5.97 Å². The quantitative estimate of drug-likeness (QED) is 0.158. The number of fused-ring (bicyclic) bond motifs is 1. The molecule has 1 aliphatic carbocycles. The van der Waals surface area contributed by atoms with Crippen molar-refractivity contribution < 1.29 is 19.1 Å². The fourth-order valence-electron chi connectivity index (χ4n) is 4.98. The van der Waals surface area contributed by atoms with E-state index in [2.05, 4.69) is 5.32 Å². The third-order valence-corrected chi connectivity index (χ3v) is 7.06. The highest BCUT2D eigenvalue weighted by molar-refractivity contribution is 6.07. The summed E-state index contributed by atoms with van der Waals surface area (Å²) in [6, 6.07) is 29.0. The molecule has 0 heterocycles. The number of benzene rings is 4. The topological polar surface area (TPSA) is 114 Å². The van der Waals surface area contributed by atoms with Gasteiger partial charge < -0.3 is 20.5 Å². The molecule has 5 rings (SSSR count). The van der Waals surface area contributed by atoms with Crippen LogP contribution in [0, 0.1) is 5.41 Å². The largest absolute Gasteiger partial charge is 0.496 e. The summed E-state index contributed by atoms with van der Waals surface area (Å²) < 4.78 is 11.5. The molecule has 7 heteroatoms. The third-order valence-electron chi connectivity index (χ3n) is 7.06. The van der Waals surface area contributed by atoms with Gasteiger partial charge in [0.2, 0.25) is 0 Å². The molecule has 0 bridgehead atoms. The third kappa shape index (κ3) is 5.22. The highest BCUT2D eigenvalue weighted by atomic mass is 16.5. The second-order valence-electron chi connectivity index (χ2n) is 9.57. The first kappa shape index (κ1) is 26.4. The van der Waals surface area contributed by atoms with Crippen LogP contribution in [0.3, 0.4) is 0 Å². The number of amides is 1. The van der Waals surface area contributed by atoms with Crippen molar-refractivity contribution >= 4 is 29.5 Å². The minimum atomic E-state index is -1.25. The molecule has 0 radical (unpaired) electrons. The lowest BCUT2D eigenvalue weighted by molar-refractivity contribution is -0.150. The summed E-state index contributed by atoms with van der Waals surface area (Å²) in [5, 5.41) is 10.5. The maximum atomic E-state index is 14.0. The van der Waals surface area contributed by atoms with E-state index in [9.17, 15) is 9.59 Å². The Kier molecular flexibility index (Phi) is 7.46. The molecule has 1 aliphatic rings. The zero-order valence-electron chi connectivity index (χ0n) is 22.0. The van der Waals surface area contributed by atoms with Gasteiger partial charge in [-0.25, -0.2) is 0 Å². The van der Waals surface area contributed by atoms with E-state index in [4.69, 9.17) is 20.6 Å². The SMILES string of the molecule is COc1cccc2c1C=CC(C(=O)OCc1ccccc1)(c1ccccc1C(=O)Nc1ccc(C(=N)N)cc1)C2. The number of nitrogens with one attached hydrogen (secondary N) is 2. The molecule has 0 spiro atoms. The molecule has 4 aromatic rings. The van der Waals surface area contributed by atoms with Crippen molar-refractivity contribution in [3.8, 4) is 5.75 Å². The second-order valence-corrected chi connectivity index (χ2v) is 9.57. The molecule has 4 N–H and O–H groups in total. The van der Waals surface area contributed by atoms with E-state index in [1.54, 1.807) is 49.6 Å². The number of anilines is 1. The molecule has 0 aromatic heterocycles. The van der Waals surface area contributed by atoms with E-state index >= 15 is 0 Å². The normalized spacial score (nSPS) is 15.5. The van der Waals surface area contributed by atoms with Crippen molar-refractivity contribution in [1.29, 1.82) is 5.41 Å². The average Bonchev–Trinajstić information content (AvgIpc) is 3.00. The van der Waals surface area contributed by atoms with Crippen molar-refractivity contribution in [3.63, 3.8) is 0 Å². The fourth-order valence-corrected chi connectivity index (χ4v) is 4.98. The van der Waals surface area contributed by atoms with Crippen LogP contribution in [0.15, 0.2) is 103 Å². The summed E-state index contributed by atoms with van der Waals surface area (Å²) in [7, 11) is 1.61. The van der Waals surface area contributed by atoms with Crippen molar-refractivity contribution in [2.75, 3.05) is 12.4 Å². The van der Waals surface area contributed by atoms with Gasteiger partial charge in [-0.05, 0) is 59.5 Å². The molecule has 4 aromatic carbocycles. The predicted molar refractivity (Wildman–Crippen MR) is 156 cm³/mol. The summed E-state index contributed by atoms with van der Waals surface area (Å²) in [6.45, 7) is 0.108. The summed E-state index contributed by atoms with van der Waals surface area (Å²) in [6.07, 6.45) is 3.98. The van der Waals surface area contributed by atoms with Crippen LogP contribution in [0.5, 0.6) is 5.75 Å². The van der Waals surface area contributed by atoms with Gasteiger partial charge in [0, 0.05) is 22.4 Å². The standard InChI is InChI=1S/C33H29N3O4/c1-39-29-13-7-10-24-20-33(19-18-26(24)29,32(38)40-21-22-8-3-2-4-9-22)28-12-6-5-11-27(28)31(37)36-25-16-14-23(15-17-25)30(34)35/h2-19H,20-21H2,1H3,(H3,34,35)(H,36,37). The molecule has 1 amide bonds. The minimum absolute atomic E-state index is 0.0554. The van der Waals surface area contributed by atoms with Gasteiger partial charge in [0.25, 0.3) is 5.91 Å². The lowest BCUT2D eigenvalue weighted by Gasteiger charge is -2.34. The molecule has 1 unspecified atom stereocenters. The van der Waals surface area contributed by atoms with E-state index in [0.717, 1.165) is 16.7 Å². The fraction of sp³-hybridized carbons (Fsp3) is 0.121. The van der Waals surface area contributed by atoms with E-state index in [0.29, 0.717) is 34.5 Å². The van der Waals surface area contributed by atoms with Crippen LogP contribution in [0.25, 0.3) is 6.08 Å². The van der Waals surface area contributed by atoms with Crippen LogP contribution < -0.4 is 15.8 Å². The number of hydrogen-bond acceptors (Lipinski definition) is 5. The summed E-state index contributed by atoms with van der Waals surface area (Å²) in [5.41, 5.74) is 8.96. The molecule has 7 nitrogen and oxygen atoms in total. The molecule has 1 atom stereocenters. The molecular formula is C33H29N3O4. The van der Waals surface area contributed by atoms with Crippen molar-refractivity contribution in [2.45, 2.75) is 18.4 Å². The van der Waals surface area contributed by atoms with Gasteiger partial charge in [0.1, 0.15) is 23.6 Å².